The fraction of sp³-hybridized carbons (Fsp3) is 0.290. The van der Waals surface area contributed by atoms with Gasteiger partial charge in [0.25, 0.3) is 5.56 Å². The number of hydrogen-bond donors (Lipinski definition) is 1. The second kappa shape index (κ2) is 11.9. The predicted octanol–water partition coefficient (Wildman–Crippen LogP) is 4.21. The zero-order chi connectivity index (χ0) is 28.2. The van der Waals surface area contributed by atoms with E-state index in [4.69, 9.17) is 4.74 Å². The molecule has 1 N–H and O–H groups in total. The number of benzene rings is 3. The normalized spacial score (nSPS) is 14.8. The van der Waals surface area contributed by atoms with E-state index in [9.17, 15) is 9.18 Å². The first kappa shape index (κ1) is 26.6. The van der Waals surface area contributed by atoms with Crippen molar-refractivity contribution in [2.75, 3.05) is 37.7 Å². The molecular weight excluding hydrogens is 521 g/mol. The number of aryl methyl sites for hydroxylation is 2. The van der Waals surface area contributed by atoms with Crippen LogP contribution in [-0.2, 0) is 13.0 Å². The minimum Gasteiger partial charge on any atom is -0.494 e. The van der Waals surface area contributed by atoms with Crippen molar-refractivity contribution in [3.8, 4) is 5.75 Å². The topological polar surface area (TPSA) is 92.2 Å². The molecule has 0 aliphatic carbocycles. The first-order valence-electron chi connectivity index (χ1n) is 13.9. The molecule has 2 aromatic heterocycles. The van der Waals surface area contributed by atoms with Crippen LogP contribution in [0.2, 0.25) is 0 Å². The van der Waals surface area contributed by atoms with E-state index in [1.807, 2.05) is 54.1 Å². The number of nitrogens with zero attached hydrogens (tertiary/aromatic N) is 6. The Bertz CT molecular complexity index is 1660. The Morgan fingerprint density at radius 2 is 1.76 bits per heavy atom. The summed E-state index contributed by atoms with van der Waals surface area (Å²) in [5.41, 5.74) is 3.31. The summed E-state index contributed by atoms with van der Waals surface area (Å²) in [5, 5.41) is 13.7. The van der Waals surface area contributed by atoms with E-state index in [0.29, 0.717) is 50.7 Å². The summed E-state index contributed by atoms with van der Waals surface area (Å²) in [7, 11) is 0. The van der Waals surface area contributed by atoms with E-state index in [0.717, 1.165) is 28.8 Å². The summed E-state index contributed by atoms with van der Waals surface area (Å²) in [6, 6.07) is 23.9. The van der Waals surface area contributed by atoms with Crippen LogP contribution in [0.25, 0.3) is 10.9 Å². The van der Waals surface area contributed by atoms with Gasteiger partial charge >= 0.3 is 0 Å². The maximum absolute atomic E-state index is 13.6. The van der Waals surface area contributed by atoms with Crippen LogP contribution in [0.3, 0.4) is 0 Å². The summed E-state index contributed by atoms with van der Waals surface area (Å²) >= 11 is 0. The Morgan fingerprint density at radius 3 is 2.51 bits per heavy atom. The Labute approximate surface area is 237 Å². The van der Waals surface area contributed by atoms with Gasteiger partial charge in [-0.3, -0.25) is 9.69 Å². The Kier molecular flexibility index (Phi) is 7.73. The summed E-state index contributed by atoms with van der Waals surface area (Å²) in [6.45, 7) is 5.85. The lowest BCUT2D eigenvalue weighted by atomic mass is 10.0. The van der Waals surface area contributed by atoms with Crippen LogP contribution in [0.5, 0.6) is 5.75 Å². The third kappa shape index (κ3) is 5.83. The molecule has 3 heterocycles. The van der Waals surface area contributed by atoms with Gasteiger partial charge in [-0.15, -0.1) is 5.10 Å². The van der Waals surface area contributed by atoms with Crippen molar-refractivity contribution < 1.29 is 9.13 Å². The number of anilines is 1. The average molecular weight is 554 g/mol. The number of ether oxygens (including phenoxy) is 1. The van der Waals surface area contributed by atoms with Gasteiger partial charge in [0.2, 0.25) is 0 Å². The SMILES string of the molecule is CCOc1ccc2[nH]c(=O)c([C@@H](c3nnnn3CCc3ccccc3)N3CCN(c4ccc(F)cc4)CC3)cc2c1. The average Bonchev–Trinajstić information content (AvgIpc) is 3.46. The highest BCUT2D eigenvalue weighted by Gasteiger charge is 2.32. The Balaban J connectivity index is 1.35. The molecule has 6 rings (SSSR count). The monoisotopic (exact) mass is 553 g/mol. The summed E-state index contributed by atoms with van der Waals surface area (Å²) < 4.78 is 21.0. The largest absolute Gasteiger partial charge is 0.494 e. The highest BCUT2D eigenvalue weighted by atomic mass is 19.1. The van der Waals surface area contributed by atoms with E-state index in [1.165, 1.54) is 17.7 Å². The molecule has 41 heavy (non-hydrogen) atoms. The fourth-order valence-electron chi connectivity index (χ4n) is 5.50. The molecule has 0 bridgehead atoms. The van der Waals surface area contributed by atoms with Gasteiger partial charge in [0.1, 0.15) is 17.6 Å². The number of halogens is 1. The van der Waals surface area contributed by atoms with Crippen LogP contribution < -0.4 is 15.2 Å². The molecule has 1 saturated heterocycles. The zero-order valence-electron chi connectivity index (χ0n) is 22.9. The second-order valence-corrected chi connectivity index (χ2v) is 10.1. The van der Waals surface area contributed by atoms with Crippen LogP contribution in [0.15, 0.2) is 83.7 Å². The highest BCUT2D eigenvalue weighted by molar-refractivity contribution is 5.80. The van der Waals surface area contributed by atoms with Gasteiger partial charge < -0.3 is 14.6 Å². The lowest BCUT2D eigenvalue weighted by Gasteiger charge is -2.39. The van der Waals surface area contributed by atoms with Crippen LogP contribution in [-0.4, -0.2) is 62.9 Å². The number of aromatic amines is 1. The van der Waals surface area contributed by atoms with Gasteiger partial charge in [0, 0.05) is 54.9 Å². The molecular formula is C31H32FN7O2. The summed E-state index contributed by atoms with van der Waals surface area (Å²) in [6.07, 6.45) is 0.760. The molecule has 0 saturated carbocycles. The molecule has 0 unspecified atom stereocenters. The van der Waals surface area contributed by atoms with Crippen molar-refractivity contribution in [1.82, 2.24) is 30.1 Å². The van der Waals surface area contributed by atoms with Crippen LogP contribution in [0, 0.1) is 5.82 Å². The molecule has 5 aromatic rings. The highest BCUT2D eigenvalue weighted by Crippen LogP contribution is 2.30. The van der Waals surface area contributed by atoms with Crippen LogP contribution in [0.1, 0.15) is 29.9 Å². The van der Waals surface area contributed by atoms with Crippen molar-refractivity contribution in [2.24, 2.45) is 0 Å². The molecule has 1 fully saturated rings. The van der Waals surface area contributed by atoms with Gasteiger partial charge in [-0.2, -0.15) is 0 Å². The van der Waals surface area contributed by atoms with E-state index in [1.54, 1.807) is 12.1 Å². The lowest BCUT2D eigenvalue weighted by molar-refractivity contribution is 0.199. The lowest BCUT2D eigenvalue weighted by Crippen LogP contribution is -2.49. The number of fused-ring (bicyclic) bond motifs is 1. The summed E-state index contributed by atoms with van der Waals surface area (Å²) in [4.78, 5) is 21.1. The quantitative estimate of drug-likeness (QED) is 0.292. The van der Waals surface area contributed by atoms with E-state index in [-0.39, 0.29) is 11.4 Å². The Hall–Kier alpha value is -4.57. The molecule has 3 aromatic carbocycles. The third-order valence-electron chi connectivity index (χ3n) is 7.58. The number of hydrogen-bond acceptors (Lipinski definition) is 7. The van der Waals surface area contributed by atoms with Gasteiger partial charge in [-0.1, -0.05) is 30.3 Å². The molecule has 1 atom stereocenters. The number of pyridine rings is 1. The van der Waals surface area contributed by atoms with E-state index in [2.05, 4.69) is 42.4 Å². The zero-order valence-corrected chi connectivity index (χ0v) is 22.9. The van der Waals surface area contributed by atoms with Crippen molar-refractivity contribution in [3.05, 3.63) is 112 Å². The van der Waals surface area contributed by atoms with Gasteiger partial charge in [-0.25, -0.2) is 9.07 Å². The molecule has 1 aliphatic heterocycles. The first-order chi connectivity index (χ1) is 20.1. The smallest absolute Gasteiger partial charge is 0.253 e. The van der Waals surface area contributed by atoms with Crippen LogP contribution in [0.4, 0.5) is 10.1 Å². The molecule has 0 radical (unpaired) electrons. The molecule has 9 nitrogen and oxygen atoms in total. The molecule has 1 aliphatic rings. The number of rotatable bonds is 9. The second-order valence-electron chi connectivity index (χ2n) is 10.1. The summed E-state index contributed by atoms with van der Waals surface area (Å²) in [5.74, 6) is 1.12. The fourth-order valence-corrected chi connectivity index (χ4v) is 5.50. The van der Waals surface area contributed by atoms with E-state index >= 15 is 0 Å². The Morgan fingerprint density at radius 1 is 0.976 bits per heavy atom. The van der Waals surface area contributed by atoms with Crippen molar-refractivity contribution >= 4 is 16.6 Å². The number of piperazine rings is 1. The van der Waals surface area contributed by atoms with Crippen molar-refractivity contribution in [3.63, 3.8) is 0 Å². The maximum atomic E-state index is 13.6. The number of aromatic nitrogens is 5. The molecule has 210 valence electrons. The third-order valence-corrected chi connectivity index (χ3v) is 7.58. The minimum absolute atomic E-state index is 0.176. The number of tetrazole rings is 1. The van der Waals surface area contributed by atoms with Crippen molar-refractivity contribution in [2.45, 2.75) is 25.9 Å². The van der Waals surface area contributed by atoms with Crippen molar-refractivity contribution in [1.29, 1.82) is 0 Å². The minimum atomic E-state index is -0.458. The van der Waals surface area contributed by atoms with Gasteiger partial charge in [0.15, 0.2) is 5.82 Å². The molecule has 10 heteroatoms. The maximum Gasteiger partial charge on any atom is 0.253 e. The number of H-pyrrole nitrogens is 1. The standard InChI is InChI=1S/C31H32FN7O2/c1-2-41-26-12-13-28-23(20-26)21-27(31(40)33-28)29(30-34-35-36-39(30)15-14-22-6-4-3-5-7-22)38-18-16-37(17-19-38)25-10-8-24(32)9-11-25/h3-13,20-21,29H,2,14-19H2,1H3,(H,33,40)/t29-/m0/s1. The van der Waals surface area contributed by atoms with Gasteiger partial charge in [0.05, 0.1) is 6.61 Å². The number of nitrogens with one attached hydrogen (secondary N) is 1. The first-order valence-corrected chi connectivity index (χ1v) is 13.9. The van der Waals surface area contributed by atoms with Gasteiger partial charge in [-0.05, 0) is 77.9 Å². The molecule has 0 spiro atoms. The molecule has 0 amide bonds. The van der Waals surface area contributed by atoms with Crippen LogP contribution >= 0.6 is 0 Å². The predicted molar refractivity (Wildman–Crippen MR) is 156 cm³/mol. The van der Waals surface area contributed by atoms with E-state index < -0.39 is 6.04 Å².